The molecule has 20 heavy (non-hydrogen) atoms. The largest absolute Gasteiger partial charge is 0.312 e. The van der Waals surface area contributed by atoms with Crippen molar-refractivity contribution in [2.45, 2.75) is 12.0 Å². The number of aliphatic imine (C=N–C) groups is 1. The van der Waals surface area contributed by atoms with E-state index in [9.17, 15) is 4.79 Å². The minimum atomic E-state index is -0.693. The first-order valence-corrected chi connectivity index (χ1v) is 6.74. The predicted octanol–water partition coefficient (Wildman–Crippen LogP) is 2.56. The van der Waals surface area contributed by atoms with Crippen LogP contribution in [0.2, 0.25) is 0 Å². The molecule has 0 N–H and O–H groups in total. The molecule has 1 spiro atoms. The van der Waals surface area contributed by atoms with Crippen molar-refractivity contribution < 1.29 is 4.79 Å². The summed E-state index contributed by atoms with van der Waals surface area (Å²) in [6, 6.07) is 18.1. The SMILES string of the molecule is CN1C(=O)C2(N=C2Cc2ccccc2)c2ccccc21. The standard InChI is InChI=1S/C17H14N2O/c1-19-14-10-6-5-9-13(14)17(16(19)20)15(18-17)11-12-7-3-2-4-8-12/h2-10H,11H2,1H3. The molecule has 2 aromatic carbocycles. The number of rotatable bonds is 2. The Kier molecular flexibility index (Phi) is 2.16. The van der Waals surface area contributed by atoms with Crippen molar-refractivity contribution >= 4 is 17.3 Å². The van der Waals surface area contributed by atoms with Gasteiger partial charge in [0, 0.05) is 24.7 Å². The average Bonchev–Trinajstić information content (AvgIpc) is 3.17. The van der Waals surface area contributed by atoms with E-state index >= 15 is 0 Å². The van der Waals surface area contributed by atoms with Crippen molar-refractivity contribution in [2.24, 2.45) is 4.99 Å². The second-order valence-electron chi connectivity index (χ2n) is 5.31. The van der Waals surface area contributed by atoms with E-state index in [-0.39, 0.29) is 5.91 Å². The first-order chi connectivity index (χ1) is 9.73. The Balaban J connectivity index is 1.70. The molecule has 2 aliphatic heterocycles. The summed E-state index contributed by atoms with van der Waals surface area (Å²) in [5.41, 5.74) is 3.48. The van der Waals surface area contributed by atoms with Crippen molar-refractivity contribution in [1.82, 2.24) is 0 Å². The Morgan fingerprint density at radius 3 is 2.55 bits per heavy atom. The third-order valence-corrected chi connectivity index (χ3v) is 4.15. The topological polar surface area (TPSA) is 32.7 Å². The minimum Gasteiger partial charge on any atom is -0.312 e. The molecular weight excluding hydrogens is 248 g/mol. The lowest BCUT2D eigenvalue weighted by Gasteiger charge is -2.09. The monoisotopic (exact) mass is 262 g/mol. The number of fused-ring (bicyclic) bond motifs is 2. The van der Waals surface area contributed by atoms with Gasteiger partial charge in [-0.25, -0.2) is 0 Å². The Hall–Kier alpha value is -2.42. The molecule has 3 nitrogen and oxygen atoms in total. The van der Waals surface area contributed by atoms with Gasteiger partial charge in [0.1, 0.15) is 0 Å². The lowest BCUT2D eigenvalue weighted by atomic mass is 9.92. The number of anilines is 1. The molecule has 0 radical (unpaired) electrons. The number of amides is 1. The van der Waals surface area contributed by atoms with Crippen LogP contribution in [-0.2, 0) is 16.8 Å². The van der Waals surface area contributed by atoms with Crippen LogP contribution in [0, 0.1) is 0 Å². The lowest BCUT2D eigenvalue weighted by Crippen LogP contribution is -2.33. The van der Waals surface area contributed by atoms with Gasteiger partial charge in [0.25, 0.3) is 5.91 Å². The van der Waals surface area contributed by atoms with Crippen molar-refractivity contribution in [1.29, 1.82) is 0 Å². The lowest BCUT2D eigenvalue weighted by molar-refractivity contribution is -0.119. The molecule has 4 rings (SSSR count). The molecule has 0 aromatic heterocycles. The van der Waals surface area contributed by atoms with Gasteiger partial charge in [-0.15, -0.1) is 0 Å². The first-order valence-electron chi connectivity index (χ1n) is 6.74. The highest BCUT2D eigenvalue weighted by molar-refractivity contribution is 6.30. The van der Waals surface area contributed by atoms with E-state index in [2.05, 4.69) is 17.1 Å². The number of carbonyl (C=O) groups excluding carboxylic acids is 1. The van der Waals surface area contributed by atoms with E-state index in [1.54, 1.807) is 4.90 Å². The fourth-order valence-corrected chi connectivity index (χ4v) is 3.06. The van der Waals surface area contributed by atoms with Crippen LogP contribution in [0.4, 0.5) is 5.69 Å². The van der Waals surface area contributed by atoms with Gasteiger partial charge in [-0.1, -0.05) is 48.5 Å². The molecular formula is C17H14N2O. The van der Waals surface area contributed by atoms with Gasteiger partial charge < -0.3 is 4.90 Å². The van der Waals surface area contributed by atoms with E-state index in [4.69, 9.17) is 0 Å². The van der Waals surface area contributed by atoms with Crippen LogP contribution in [-0.4, -0.2) is 18.7 Å². The molecule has 3 heteroatoms. The molecule has 1 amide bonds. The minimum absolute atomic E-state index is 0.0737. The van der Waals surface area contributed by atoms with Crippen molar-refractivity contribution in [2.75, 3.05) is 11.9 Å². The second-order valence-corrected chi connectivity index (χ2v) is 5.31. The van der Waals surface area contributed by atoms with Crippen LogP contribution in [0.15, 0.2) is 59.6 Å². The normalized spacial score (nSPS) is 22.9. The molecule has 1 unspecified atom stereocenters. The maximum atomic E-state index is 12.6. The molecule has 2 aromatic rings. The van der Waals surface area contributed by atoms with Crippen LogP contribution in [0.5, 0.6) is 0 Å². The van der Waals surface area contributed by atoms with Gasteiger partial charge in [0.15, 0.2) is 0 Å². The number of carbonyl (C=O) groups is 1. The van der Waals surface area contributed by atoms with E-state index < -0.39 is 5.54 Å². The third-order valence-electron chi connectivity index (χ3n) is 4.15. The zero-order chi connectivity index (χ0) is 13.7. The summed E-state index contributed by atoms with van der Waals surface area (Å²) < 4.78 is 0. The third kappa shape index (κ3) is 1.35. The van der Waals surface area contributed by atoms with E-state index in [1.165, 1.54) is 5.56 Å². The van der Waals surface area contributed by atoms with Gasteiger partial charge in [0.05, 0.1) is 5.71 Å². The van der Waals surface area contributed by atoms with Gasteiger partial charge in [-0.2, -0.15) is 0 Å². The Morgan fingerprint density at radius 2 is 1.75 bits per heavy atom. The Morgan fingerprint density at radius 1 is 1.05 bits per heavy atom. The zero-order valence-corrected chi connectivity index (χ0v) is 11.2. The second kappa shape index (κ2) is 3.79. The summed E-state index contributed by atoms with van der Waals surface area (Å²) in [4.78, 5) is 18.9. The summed E-state index contributed by atoms with van der Waals surface area (Å²) in [5.74, 6) is 0.0737. The van der Waals surface area contributed by atoms with Crippen molar-refractivity contribution in [3.8, 4) is 0 Å². The first kappa shape index (κ1) is 11.4. The number of nitrogens with zero attached hydrogens (tertiary/aromatic N) is 2. The fourth-order valence-electron chi connectivity index (χ4n) is 3.06. The number of para-hydroxylation sites is 1. The molecule has 0 aliphatic carbocycles. The van der Waals surface area contributed by atoms with E-state index in [1.807, 2.05) is 49.5 Å². The molecule has 98 valence electrons. The zero-order valence-electron chi connectivity index (χ0n) is 11.2. The summed E-state index contributed by atoms with van der Waals surface area (Å²) in [6.07, 6.45) is 0.745. The Labute approximate surface area is 117 Å². The molecule has 0 saturated carbocycles. The predicted molar refractivity (Wildman–Crippen MR) is 79.1 cm³/mol. The van der Waals surface area contributed by atoms with Crippen LogP contribution < -0.4 is 4.90 Å². The van der Waals surface area contributed by atoms with Gasteiger partial charge in [-0.3, -0.25) is 9.79 Å². The van der Waals surface area contributed by atoms with E-state index in [0.29, 0.717) is 0 Å². The highest BCUT2D eigenvalue weighted by Crippen LogP contribution is 2.51. The van der Waals surface area contributed by atoms with Crippen LogP contribution >= 0.6 is 0 Å². The Bertz CT molecular complexity index is 736. The molecule has 0 fully saturated rings. The molecule has 2 heterocycles. The number of hydrogen-bond acceptors (Lipinski definition) is 2. The fraction of sp³-hybridized carbons (Fsp3) is 0.176. The number of benzene rings is 2. The van der Waals surface area contributed by atoms with Crippen molar-refractivity contribution in [3.63, 3.8) is 0 Å². The van der Waals surface area contributed by atoms with E-state index in [0.717, 1.165) is 23.4 Å². The number of likely N-dealkylation sites (N-methyl/N-ethyl adjacent to an activating group) is 1. The molecule has 1 atom stereocenters. The quantitative estimate of drug-likeness (QED) is 0.818. The smallest absolute Gasteiger partial charge is 0.265 e. The molecule has 0 saturated heterocycles. The van der Waals surface area contributed by atoms with Crippen LogP contribution in [0.3, 0.4) is 0 Å². The number of hydrogen-bond donors (Lipinski definition) is 0. The van der Waals surface area contributed by atoms with Gasteiger partial charge in [-0.05, 0) is 11.6 Å². The van der Waals surface area contributed by atoms with Gasteiger partial charge >= 0.3 is 0 Å². The average molecular weight is 262 g/mol. The van der Waals surface area contributed by atoms with Crippen LogP contribution in [0.25, 0.3) is 0 Å². The summed E-state index contributed by atoms with van der Waals surface area (Å²) in [6.45, 7) is 0. The highest BCUT2D eigenvalue weighted by Gasteiger charge is 2.61. The molecule has 2 aliphatic rings. The summed E-state index contributed by atoms with van der Waals surface area (Å²) in [5, 5.41) is 0. The van der Waals surface area contributed by atoms with Gasteiger partial charge in [0.2, 0.25) is 5.54 Å². The highest BCUT2D eigenvalue weighted by atomic mass is 16.2. The summed E-state index contributed by atoms with van der Waals surface area (Å²) >= 11 is 0. The van der Waals surface area contributed by atoms with Crippen LogP contribution in [0.1, 0.15) is 11.1 Å². The molecule has 0 bridgehead atoms. The summed E-state index contributed by atoms with van der Waals surface area (Å²) in [7, 11) is 1.82. The maximum Gasteiger partial charge on any atom is 0.265 e. The maximum absolute atomic E-state index is 12.6. The van der Waals surface area contributed by atoms with Crippen molar-refractivity contribution in [3.05, 3.63) is 65.7 Å².